The maximum absolute atomic E-state index is 13.7. The van der Waals surface area contributed by atoms with Crippen molar-refractivity contribution in [2.24, 2.45) is 17.0 Å². The van der Waals surface area contributed by atoms with E-state index in [4.69, 9.17) is 0 Å². The van der Waals surface area contributed by atoms with Gasteiger partial charge in [-0.25, -0.2) is 8.78 Å². The van der Waals surface area contributed by atoms with Crippen molar-refractivity contribution in [1.82, 2.24) is 5.32 Å². The topological polar surface area (TPSA) is 44.6 Å². The highest BCUT2D eigenvalue weighted by Gasteiger charge is 2.45. The number of halogens is 2. The van der Waals surface area contributed by atoms with Crippen molar-refractivity contribution in [3.05, 3.63) is 71.3 Å². The van der Waals surface area contributed by atoms with E-state index >= 15 is 0 Å². The van der Waals surface area contributed by atoms with Crippen molar-refractivity contribution < 1.29 is 14.0 Å². The van der Waals surface area contributed by atoms with Crippen molar-refractivity contribution in [1.29, 1.82) is 0 Å². The molecule has 0 amide bonds. The molecule has 2 bridgehead atoms. The minimum Gasteiger partial charge on any atom is -0.411 e. The fourth-order valence-electron chi connectivity index (χ4n) is 4.43. The molecule has 5 heteroatoms. The molecule has 1 saturated carbocycles. The Morgan fingerprint density at radius 1 is 0.880 bits per heavy atom. The molecular formula is C20H20F2N2O. The molecule has 1 aliphatic heterocycles. The van der Waals surface area contributed by atoms with E-state index in [0.29, 0.717) is 0 Å². The molecule has 2 aliphatic rings. The molecule has 2 aromatic rings. The van der Waals surface area contributed by atoms with Crippen molar-refractivity contribution in [2.75, 3.05) is 0 Å². The highest BCUT2D eigenvalue weighted by Crippen LogP contribution is 2.46. The predicted octanol–water partition coefficient (Wildman–Crippen LogP) is 4.60. The first-order chi connectivity index (χ1) is 12.2. The lowest BCUT2D eigenvalue weighted by atomic mass is 9.67. The zero-order chi connectivity index (χ0) is 17.4. The molecule has 2 N–H and O–H groups in total. The van der Waals surface area contributed by atoms with Gasteiger partial charge in [0.05, 0.1) is 5.71 Å². The summed E-state index contributed by atoms with van der Waals surface area (Å²) >= 11 is 0. The normalized spacial score (nSPS) is 28.6. The van der Waals surface area contributed by atoms with Crippen LogP contribution in [-0.4, -0.2) is 10.9 Å². The molecule has 1 aliphatic carbocycles. The van der Waals surface area contributed by atoms with Gasteiger partial charge in [0, 0.05) is 23.9 Å². The lowest BCUT2D eigenvalue weighted by Crippen LogP contribution is -2.50. The van der Waals surface area contributed by atoms with E-state index in [9.17, 15) is 14.0 Å². The van der Waals surface area contributed by atoms with E-state index in [1.165, 1.54) is 24.3 Å². The first-order valence-electron chi connectivity index (χ1n) is 8.66. The van der Waals surface area contributed by atoms with Gasteiger partial charge in [-0.1, -0.05) is 35.8 Å². The summed E-state index contributed by atoms with van der Waals surface area (Å²) in [7, 11) is 0. The smallest absolute Gasteiger partial charge is 0.123 e. The Hall–Kier alpha value is -2.27. The van der Waals surface area contributed by atoms with E-state index in [1.54, 1.807) is 12.1 Å². The van der Waals surface area contributed by atoms with Crippen LogP contribution in [0.2, 0.25) is 0 Å². The summed E-state index contributed by atoms with van der Waals surface area (Å²) in [5.41, 5.74) is 2.40. The first kappa shape index (κ1) is 16.2. The van der Waals surface area contributed by atoms with Crippen LogP contribution in [0.5, 0.6) is 0 Å². The van der Waals surface area contributed by atoms with Crippen LogP contribution in [0.4, 0.5) is 8.78 Å². The molecule has 130 valence electrons. The maximum Gasteiger partial charge on any atom is 0.123 e. The lowest BCUT2D eigenvalue weighted by Gasteiger charge is -2.46. The summed E-state index contributed by atoms with van der Waals surface area (Å²) in [6, 6.07) is 12.7. The number of nitrogens with one attached hydrogen (secondary N) is 1. The summed E-state index contributed by atoms with van der Waals surface area (Å²) < 4.78 is 27.5. The molecule has 2 fully saturated rings. The van der Waals surface area contributed by atoms with Gasteiger partial charge >= 0.3 is 0 Å². The van der Waals surface area contributed by atoms with E-state index in [2.05, 4.69) is 10.5 Å². The van der Waals surface area contributed by atoms with Gasteiger partial charge in [0.25, 0.3) is 0 Å². The van der Waals surface area contributed by atoms with Crippen LogP contribution >= 0.6 is 0 Å². The minimum atomic E-state index is -0.290. The van der Waals surface area contributed by atoms with Gasteiger partial charge in [-0.05, 0) is 48.2 Å². The second-order valence-electron chi connectivity index (χ2n) is 6.90. The number of fused-ring (bicyclic) bond motifs is 2. The average molecular weight is 342 g/mol. The molecule has 4 unspecified atom stereocenters. The van der Waals surface area contributed by atoms with Gasteiger partial charge in [-0.15, -0.1) is 0 Å². The predicted molar refractivity (Wildman–Crippen MR) is 91.5 cm³/mol. The monoisotopic (exact) mass is 342 g/mol. The van der Waals surface area contributed by atoms with Gasteiger partial charge in [-0.3, -0.25) is 0 Å². The zero-order valence-corrected chi connectivity index (χ0v) is 13.7. The second-order valence-corrected chi connectivity index (χ2v) is 6.90. The lowest BCUT2D eigenvalue weighted by molar-refractivity contribution is 0.214. The third-order valence-corrected chi connectivity index (χ3v) is 5.48. The molecular weight excluding hydrogens is 322 g/mol. The van der Waals surface area contributed by atoms with Crippen LogP contribution < -0.4 is 5.32 Å². The molecule has 25 heavy (non-hydrogen) atoms. The molecule has 4 atom stereocenters. The average Bonchev–Trinajstić information content (AvgIpc) is 2.61. The number of hydrogen-bond acceptors (Lipinski definition) is 3. The Kier molecular flexibility index (Phi) is 4.25. The number of benzene rings is 2. The molecule has 1 saturated heterocycles. The summed E-state index contributed by atoms with van der Waals surface area (Å²) in [6.45, 7) is 0. The maximum atomic E-state index is 13.7. The van der Waals surface area contributed by atoms with Crippen LogP contribution in [0.25, 0.3) is 0 Å². The Morgan fingerprint density at radius 3 is 1.84 bits per heavy atom. The molecule has 1 heterocycles. The number of hydrogen-bond donors (Lipinski definition) is 2. The molecule has 0 radical (unpaired) electrons. The van der Waals surface area contributed by atoms with Gasteiger partial charge < -0.3 is 10.5 Å². The molecule has 0 aromatic heterocycles. The van der Waals surface area contributed by atoms with Crippen LogP contribution in [-0.2, 0) is 0 Å². The quantitative estimate of drug-likeness (QED) is 0.619. The zero-order valence-electron chi connectivity index (χ0n) is 13.7. The number of nitrogens with zero attached hydrogens (tertiary/aromatic N) is 1. The standard InChI is InChI=1S/C20H20F2N2O/c21-14-6-1-4-12(10-14)18-16-8-3-9-17(20(16)24-25)19(23-18)13-5-2-7-15(22)11-13/h1-2,4-7,10-11,16-19,23,25H,3,8-9H2. The van der Waals surface area contributed by atoms with Crippen LogP contribution in [0, 0.1) is 23.5 Å². The van der Waals surface area contributed by atoms with Gasteiger partial charge in [0.15, 0.2) is 0 Å². The Balaban J connectivity index is 1.78. The van der Waals surface area contributed by atoms with Gasteiger partial charge in [-0.2, -0.15) is 0 Å². The molecule has 0 spiro atoms. The minimum absolute atomic E-state index is 0.0235. The van der Waals surface area contributed by atoms with E-state index < -0.39 is 0 Å². The van der Waals surface area contributed by atoms with Crippen LogP contribution in [0.3, 0.4) is 0 Å². The summed E-state index contributed by atoms with van der Waals surface area (Å²) in [5.74, 6) is -0.533. The van der Waals surface area contributed by atoms with Crippen LogP contribution in [0.15, 0.2) is 53.7 Å². The highest BCUT2D eigenvalue weighted by atomic mass is 19.1. The van der Waals surface area contributed by atoms with Crippen molar-refractivity contribution in [3.8, 4) is 0 Å². The van der Waals surface area contributed by atoms with E-state index in [-0.39, 0.29) is 35.6 Å². The Bertz CT molecular complexity index is 746. The van der Waals surface area contributed by atoms with E-state index in [0.717, 1.165) is 36.1 Å². The fraction of sp³-hybridized carbons (Fsp3) is 0.350. The van der Waals surface area contributed by atoms with Gasteiger partial charge in [0.2, 0.25) is 0 Å². The van der Waals surface area contributed by atoms with Crippen molar-refractivity contribution in [2.45, 2.75) is 31.3 Å². The Labute approximate surface area is 145 Å². The Morgan fingerprint density at radius 2 is 1.40 bits per heavy atom. The molecule has 2 aromatic carbocycles. The summed E-state index contributed by atoms with van der Waals surface area (Å²) in [4.78, 5) is 0. The largest absolute Gasteiger partial charge is 0.411 e. The van der Waals surface area contributed by atoms with Crippen molar-refractivity contribution in [3.63, 3.8) is 0 Å². The van der Waals surface area contributed by atoms with Crippen molar-refractivity contribution >= 4 is 5.71 Å². The SMILES string of the molecule is ON=C1C2CCCC1C(c1cccc(F)c1)NC2c1cccc(F)c1. The van der Waals surface area contributed by atoms with Gasteiger partial charge in [0.1, 0.15) is 11.6 Å². The fourth-order valence-corrected chi connectivity index (χ4v) is 4.43. The number of oxime groups is 1. The third-order valence-electron chi connectivity index (χ3n) is 5.48. The first-order valence-corrected chi connectivity index (χ1v) is 8.66. The highest BCUT2D eigenvalue weighted by molar-refractivity contribution is 5.91. The number of rotatable bonds is 2. The van der Waals surface area contributed by atoms with Crippen LogP contribution in [0.1, 0.15) is 42.5 Å². The third kappa shape index (κ3) is 2.93. The summed E-state index contributed by atoms with van der Waals surface area (Å²) in [6.07, 6.45) is 2.79. The van der Waals surface area contributed by atoms with E-state index in [1.807, 2.05) is 12.1 Å². The number of piperidine rings is 1. The second kappa shape index (κ2) is 6.56. The molecule has 4 rings (SSSR count). The summed E-state index contributed by atoms with van der Waals surface area (Å²) in [5, 5.41) is 16.8. The molecule has 3 nitrogen and oxygen atoms in total.